The first-order valence-electron chi connectivity index (χ1n) is 8.61. The van der Waals surface area contributed by atoms with E-state index in [1.165, 1.54) is 21.9 Å². The lowest BCUT2D eigenvalue weighted by atomic mass is 9.92. The summed E-state index contributed by atoms with van der Waals surface area (Å²) in [6.07, 6.45) is 0. The van der Waals surface area contributed by atoms with E-state index in [0.717, 1.165) is 26.2 Å². The highest BCUT2D eigenvalue weighted by atomic mass is 35.5. The quantitative estimate of drug-likeness (QED) is 0.686. The molecular formula is C21H20Cl2N2. The number of hydrogen-bond donors (Lipinski definition) is 1. The molecule has 4 rings (SSSR count). The monoisotopic (exact) mass is 370 g/mol. The molecule has 1 saturated heterocycles. The molecule has 2 nitrogen and oxygen atoms in total. The van der Waals surface area contributed by atoms with E-state index in [1.807, 2.05) is 12.1 Å². The summed E-state index contributed by atoms with van der Waals surface area (Å²) in [5, 5.41) is 7.21. The van der Waals surface area contributed by atoms with Gasteiger partial charge in [-0.3, -0.25) is 4.90 Å². The van der Waals surface area contributed by atoms with Crippen molar-refractivity contribution in [3.05, 3.63) is 81.8 Å². The van der Waals surface area contributed by atoms with Crippen molar-refractivity contribution in [1.29, 1.82) is 0 Å². The molecule has 4 heteroatoms. The van der Waals surface area contributed by atoms with Gasteiger partial charge < -0.3 is 5.32 Å². The predicted molar refractivity (Wildman–Crippen MR) is 107 cm³/mol. The average molecular weight is 371 g/mol. The molecule has 0 aromatic heterocycles. The van der Waals surface area contributed by atoms with Gasteiger partial charge in [-0.25, -0.2) is 0 Å². The van der Waals surface area contributed by atoms with Crippen LogP contribution < -0.4 is 5.32 Å². The Hall–Kier alpha value is -1.58. The van der Waals surface area contributed by atoms with Gasteiger partial charge in [0, 0.05) is 26.2 Å². The zero-order valence-electron chi connectivity index (χ0n) is 13.9. The fraction of sp³-hybridized carbons (Fsp3) is 0.238. The normalized spacial score (nSPS) is 16.9. The van der Waals surface area contributed by atoms with Crippen molar-refractivity contribution < 1.29 is 0 Å². The molecule has 3 aromatic rings. The molecule has 0 bridgehead atoms. The van der Waals surface area contributed by atoms with Crippen LogP contribution in [0.5, 0.6) is 0 Å². The van der Waals surface area contributed by atoms with Gasteiger partial charge in [-0.2, -0.15) is 0 Å². The van der Waals surface area contributed by atoms with Crippen molar-refractivity contribution in [2.75, 3.05) is 26.2 Å². The SMILES string of the molecule is Clc1ccc(C(c2cccc3ccccc23)N2CCNCC2)cc1Cl. The minimum absolute atomic E-state index is 0.169. The minimum Gasteiger partial charge on any atom is -0.314 e. The van der Waals surface area contributed by atoms with Gasteiger partial charge in [0.1, 0.15) is 0 Å². The zero-order valence-corrected chi connectivity index (χ0v) is 15.4. The third-order valence-corrected chi connectivity index (χ3v) is 5.63. The molecule has 25 heavy (non-hydrogen) atoms. The van der Waals surface area contributed by atoms with Crippen molar-refractivity contribution >= 4 is 34.0 Å². The maximum Gasteiger partial charge on any atom is 0.0609 e. The van der Waals surface area contributed by atoms with Crippen LogP contribution in [-0.2, 0) is 0 Å². The molecule has 1 atom stereocenters. The van der Waals surface area contributed by atoms with Crippen LogP contribution in [0.1, 0.15) is 17.2 Å². The Morgan fingerprint density at radius 3 is 2.40 bits per heavy atom. The Bertz CT molecular complexity index is 883. The minimum atomic E-state index is 0.169. The van der Waals surface area contributed by atoms with Gasteiger partial charge in [-0.05, 0) is 34.0 Å². The topological polar surface area (TPSA) is 15.3 Å². The number of piperazine rings is 1. The fourth-order valence-electron chi connectivity index (χ4n) is 3.70. The number of nitrogens with one attached hydrogen (secondary N) is 1. The van der Waals surface area contributed by atoms with Gasteiger partial charge in [0.25, 0.3) is 0 Å². The summed E-state index contributed by atoms with van der Waals surface area (Å²) >= 11 is 12.5. The molecule has 128 valence electrons. The highest BCUT2D eigenvalue weighted by Crippen LogP contribution is 2.36. The Labute approximate surface area is 158 Å². The molecule has 0 aliphatic carbocycles. The predicted octanol–water partition coefficient (Wildman–Crippen LogP) is 5.14. The van der Waals surface area contributed by atoms with Crippen molar-refractivity contribution in [2.24, 2.45) is 0 Å². The number of fused-ring (bicyclic) bond motifs is 1. The third kappa shape index (κ3) is 3.40. The van der Waals surface area contributed by atoms with Gasteiger partial charge in [0.2, 0.25) is 0 Å². The van der Waals surface area contributed by atoms with Crippen LogP contribution in [0, 0.1) is 0 Å². The van der Waals surface area contributed by atoms with Gasteiger partial charge in [-0.1, -0.05) is 71.7 Å². The van der Waals surface area contributed by atoms with E-state index >= 15 is 0 Å². The van der Waals surface area contributed by atoms with E-state index in [-0.39, 0.29) is 6.04 Å². The maximum absolute atomic E-state index is 6.34. The highest BCUT2D eigenvalue weighted by molar-refractivity contribution is 6.42. The molecule has 1 N–H and O–H groups in total. The largest absolute Gasteiger partial charge is 0.314 e. The van der Waals surface area contributed by atoms with Crippen LogP contribution >= 0.6 is 23.2 Å². The van der Waals surface area contributed by atoms with E-state index < -0.39 is 0 Å². The Morgan fingerprint density at radius 2 is 1.60 bits per heavy atom. The Balaban J connectivity index is 1.88. The molecule has 3 aromatic carbocycles. The first-order valence-corrected chi connectivity index (χ1v) is 9.37. The van der Waals surface area contributed by atoms with Crippen LogP contribution in [0.2, 0.25) is 10.0 Å². The lowest BCUT2D eigenvalue weighted by molar-refractivity contribution is 0.199. The molecule has 0 amide bonds. The second-order valence-electron chi connectivity index (χ2n) is 6.43. The number of benzene rings is 3. The zero-order chi connectivity index (χ0) is 17.2. The second-order valence-corrected chi connectivity index (χ2v) is 7.24. The second kappa shape index (κ2) is 7.35. The summed E-state index contributed by atoms with van der Waals surface area (Å²) in [6.45, 7) is 4.02. The van der Waals surface area contributed by atoms with Gasteiger partial charge in [0.05, 0.1) is 16.1 Å². The first-order chi connectivity index (χ1) is 12.2. The highest BCUT2D eigenvalue weighted by Gasteiger charge is 2.25. The summed E-state index contributed by atoms with van der Waals surface area (Å²) in [4.78, 5) is 2.53. The molecule has 0 spiro atoms. The first kappa shape index (κ1) is 16.9. The van der Waals surface area contributed by atoms with Crippen LogP contribution in [0.3, 0.4) is 0 Å². The Kier molecular flexibility index (Phi) is 4.96. The van der Waals surface area contributed by atoms with E-state index in [9.17, 15) is 0 Å². The number of halogens is 2. The summed E-state index contributed by atoms with van der Waals surface area (Å²) in [5.74, 6) is 0. The summed E-state index contributed by atoms with van der Waals surface area (Å²) in [6, 6.07) is 21.3. The van der Waals surface area contributed by atoms with Crippen molar-refractivity contribution in [3.63, 3.8) is 0 Å². The van der Waals surface area contributed by atoms with E-state index in [4.69, 9.17) is 23.2 Å². The third-order valence-electron chi connectivity index (χ3n) is 4.89. The maximum atomic E-state index is 6.34. The summed E-state index contributed by atoms with van der Waals surface area (Å²) in [5.41, 5.74) is 2.51. The Morgan fingerprint density at radius 1 is 0.840 bits per heavy atom. The molecule has 0 radical (unpaired) electrons. The van der Waals surface area contributed by atoms with Crippen LogP contribution in [0.4, 0.5) is 0 Å². The number of rotatable bonds is 3. The molecule has 1 heterocycles. The average Bonchev–Trinajstić information content (AvgIpc) is 2.66. The number of hydrogen-bond acceptors (Lipinski definition) is 2. The molecular weight excluding hydrogens is 351 g/mol. The van der Waals surface area contributed by atoms with E-state index in [1.54, 1.807) is 0 Å². The van der Waals surface area contributed by atoms with E-state index in [2.05, 4.69) is 58.7 Å². The fourth-order valence-corrected chi connectivity index (χ4v) is 4.01. The van der Waals surface area contributed by atoms with Crippen LogP contribution in [0.15, 0.2) is 60.7 Å². The summed E-state index contributed by atoms with van der Waals surface area (Å²) < 4.78 is 0. The molecule has 1 unspecified atom stereocenters. The van der Waals surface area contributed by atoms with Gasteiger partial charge in [-0.15, -0.1) is 0 Å². The summed E-state index contributed by atoms with van der Waals surface area (Å²) in [7, 11) is 0. The van der Waals surface area contributed by atoms with Crippen molar-refractivity contribution in [1.82, 2.24) is 10.2 Å². The number of nitrogens with zero attached hydrogens (tertiary/aromatic N) is 1. The smallest absolute Gasteiger partial charge is 0.0609 e. The lowest BCUT2D eigenvalue weighted by Crippen LogP contribution is -2.45. The van der Waals surface area contributed by atoms with Crippen molar-refractivity contribution in [2.45, 2.75) is 6.04 Å². The van der Waals surface area contributed by atoms with Gasteiger partial charge in [0.15, 0.2) is 0 Å². The molecule has 0 saturated carbocycles. The standard InChI is InChI=1S/C21H20Cl2N2/c22-19-9-8-16(14-20(19)23)21(25-12-10-24-11-13-25)18-7-3-5-15-4-1-2-6-17(15)18/h1-9,14,21,24H,10-13H2. The lowest BCUT2D eigenvalue weighted by Gasteiger charge is -2.36. The molecule has 1 aliphatic heterocycles. The van der Waals surface area contributed by atoms with Crippen LogP contribution in [0.25, 0.3) is 10.8 Å². The van der Waals surface area contributed by atoms with Crippen molar-refractivity contribution in [3.8, 4) is 0 Å². The van der Waals surface area contributed by atoms with E-state index in [0.29, 0.717) is 10.0 Å². The molecule has 1 aliphatic rings. The van der Waals surface area contributed by atoms with Crippen LogP contribution in [-0.4, -0.2) is 31.1 Å². The van der Waals surface area contributed by atoms with Gasteiger partial charge >= 0.3 is 0 Å². The molecule has 1 fully saturated rings.